The van der Waals surface area contributed by atoms with Gasteiger partial charge in [0.15, 0.2) is 0 Å². The molecule has 1 aromatic rings. The summed E-state index contributed by atoms with van der Waals surface area (Å²) in [5.74, 6) is 0.505. The van der Waals surface area contributed by atoms with Crippen LogP contribution in [0.5, 0.6) is 0 Å². The van der Waals surface area contributed by atoms with Gasteiger partial charge in [-0.15, -0.1) is 0 Å². The Morgan fingerprint density at radius 3 is 2.94 bits per heavy atom. The first-order valence-electron chi connectivity index (χ1n) is 6.13. The van der Waals surface area contributed by atoms with E-state index in [1.54, 1.807) is 0 Å². The second-order valence-electron chi connectivity index (χ2n) is 5.21. The summed E-state index contributed by atoms with van der Waals surface area (Å²) in [7, 11) is 0. The highest BCUT2D eigenvalue weighted by Crippen LogP contribution is 2.64. The largest absolute Gasteiger partial charge is 0.0984 e. The third-order valence-electron chi connectivity index (χ3n) is 4.39. The fourth-order valence-corrected chi connectivity index (χ4v) is 3.38. The zero-order chi connectivity index (χ0) is 11.6. The molecule has 1 spiro atoms. The molecule has 0 saturated carbocycles. The van der Waals surface area contributed by atoms with Gasteiger partial charge in [-0.3, -0.25) is 0 Å². The number of aryl methyl sites for hydroxylation is 1. The van der Waals surface area contributed by atoms with Crippen LogP contribution in [-0.4, -0.2) is 0 Å². The molecule has 3 aliphatic carbocycles. The molecule has 2 atom stereocenters. The Morgan fingerprint density at radius 1 is 1.29 bits per heavy atom. The molecule has 0 heteroatoms. The van der Waals surface area contributed by atoms with Gasteiger partial charge in [-0.05, 0) is 34.8 Å². The van der Waals surface area contributed by atoms with Crippen LogP contribution in [0.2, 0.25) is 0 Å². The molecule has 0 N–H and O–H groups in total. The SMILES string of the molecule is C=Cc1c(C)ccc2c1C1C=CC3=CC31C=C2. The molecule has 1 aromatic carbocycles. The molecule has 3 aliphatic rings. The lowest BCUT2D eigenvalue weighted by atomic mass is 9.74. The lowest BCUT2D eigenvalue weighted by molar-refractivity contribution is 0.632. The first kappa shape index (κ1) is 9.23. The molecule has 0 heterocycles. The summed E-state index contributed by atoms with van der Waals surface area (Å²) in [4.78, 5) is 0. The lowest BCUT2D eigenvalue weighted by Crippen LogP contribution is -2.16. The van der Waals surface area contributed by atoms with Crippen LogP contribution in [0.3, 0.4) is 0 Å². The van der Waals surface area contributed by atoms with Crippen molar-refractivity contribution >= 4 is 12.2 Å². The Kier molecular flexibility index (Phi) is 1.47. The maximum Gasteiger partial charge on any atom is 0.0422 e. The van der Waals surface area contributed by atoms with Crippen LogP contribution in [0.15, 0.2) is 48.6 Å². The van der Waals surface area contributed by atoms with E-state index in [1.807, 2.05) is 6.08 Å². The molecule has 0 aromatic heterocycles. The van der Waals surface area contributed by atoms with Gasteiger partial charge in [0, 0.05) is 11.3 Å². The third kappa shape index (κ3) is 0.945. The molecule has 2 unspecified atom stereocenters. The number of benzene rings is 1. The summed E-state index contributed by atoms with van der Waals surface area (Å²) in [5, 5.41) is 0. The van der Waals surface area contributed by atoms with Gasteiger partial charge in [0.1, 0.15) is 0 Å². The number of allylic oxidation sites excluding steroid dienone is 5. The average Bonchev–Trinajstić information content (AvgIpc) is 2.92. The second kappa shape index (κ2) is 2.70. The van der Waals surface area contributed by atoms with E-state index < -0.39 is 0 Å². The van der Waals surface area contributed by atoms with Crippen molar-refractivity contribution in [2.45, 2.75) is 12.8 Å². The zero-order valence-electron chi connectivity index (χ0n) is 9.90. The molecule has 0 amide bonds. The molecule has 4 rings (SSSR count). The van der Waals surface area contributed by atoms with E-state index in [4.69, 9.17) is 0 Å². The van der Waals surface area contributed by atoms with E-state index in [0.717, 1.165) is 0 Å². The van der Waals surface area contributed by atoms with E-state index >= 15 is 0 Å². The average molecular weight is 218 g/mol. The van der Waals surface area contributed by atoms with E-state index in [1.165, 1.54) is 27.8 Å². The quantitative estimate of drug-likeness (QED) is 0.661. The van der Waals surface area contributed by atoms with Crippen molar-refractivity contribution in [3.63, 3.8) is 0 Å². The molecule has 82 valence electrons. The van der Waals surface area contributed by atoms with Crippen LogP contribution in [0.4, 0.5) is 0 Å². The molecular weight excluding hydrogens is 204 g/mol. The van der Waals surface area contributed by atoms with Crippen LogP contribution in [0.25, 0.3) is 12.2 Å². The van der Waals surface area contributed by atoms with Crippen LogP contribution < -0.4 is 0 Å². The lowest BCUT2D eigenvalue weighted by Gasteiger charge is -2.29. The molecular formula is C17H14. The van der Waals surface area contributed by atoms with Crippen molar-refractivity contribution in [3.8, 4) is 0 Å². The Balaban J connectivity index is 2.03. The second-order valence-corrected chi connectivity index (χ2v) is 5.21. The first-order valence-corrected chi connectivity index (χ1v) is 6.13. The van der Waals surface area contributed by atoms with E-state index in [2.05, 4.69) is 56.0 Å². The number of hydrogen-bond donors (Lipinski definition) is 0. The maximum absolute atomic E-state index is 3.99. The highest BCUT2D eigenvalue weighted by atomic mass is 14.5. The maximum atomic E-state index is 3.99. The molecule has 0 bridgehead atoms. The number of fused-ring (bicyclic) bond motifs is 2. The summed E-state index contributed by atoms with van der Waals surface area (Å²) in [5.41, 5.74) is 7.18. The predicted octanol–water partition coefficient (Wildman–Crippen LogP) is 4.24. The van der Waals surface area contributed by atoms with Crippen LogP contribution in [0, 0.1) is 12.3 Å². The summed E-state index contributed by atoms with van der Waals surface area (Å²) in [6, 6.07) is 4.42. The third-order valence-corrected chi connectivity index (χ3v) is 4.39. The van der Waals surface area contributed by atoms with Gasteiger partial charge in [-0.25, -0.2) is 0 Å². The standard InChI is InChI=1S/C17H14/c1-3-14-11(2)4-5-12-8-9-17-10-13(17)6-7-15(17)16(12)14/h3-10,15H,1H2,2H3. The molecule has 0 radical (unpaired) electrons. The Hall–Kier alpha value is -1.82. The number of hydrogen-bond acceptors (Lipinski definition) is 0. The van der Waals surface area contributed by atoms with Gasteiger partial charge in [0.2, 0.25) is 0 Å². The van der Waals surface area contributed by atoms with Crippen molar-refractivity contribution in [2.75, 3.05) is 0 Å². The fraction of sp³-hybridized carbons (Fsp3) is 0.176. The minimum Gasteiger partial charge on any atom is -0.0984 e. The Morgan fingerprint density at radius 2 is 2.18 bits per heavy atom. The van der Waals surface area contributed by atoms with Crippen LogP contribution in [-0.2, 0) is 0 Å². The fourth-order valence-electron chi connectivity index (χ4n) is 3.38. The van der Waals surface area contributed by atoms with Crippen molar-refractivity contribution in [3.05, 3.63) is 70.8 Å². The zero-order valence-corrected chi connectivity index (χ0v) is 9.90. The van der Waals surface area contributed by atoms with Gasteiger partial charge in [0.25, 0.3) is 0 Å². The van der Waals surface area contributed by atoms with Gasteiger partial charge < -0.3 is 0 Å². The Labute approximate surface area is 102 Å². The van der Waals surface area contributed by atoms with Crippen molar-refractivity contribution < 1.29 is 0 Å². The smallest absolute Gasteiger partial charge is 0.0422 e. The molecule has 0 fully saturated rings. The molecule has 0 aliphatic heterocycles. The van der Waals surface area contributed by atoms with Crippen molar-refractivity contribution in [1.29, 1.82) is 0 Å². The molecule has 0 saturated heterocycles. The van der Waals surface area contributed by atoms with E-state index in [-0.39, 0.29) is 5.41 Å². The highest BCUT2D eigenvalue weighted by Gasteiger charge is 2.52. The topological polar surface area (TPSA) is 0 Å². The monoisotopic (exact) mass is 218 g/mol. The normalized spacial score (nSPS) is 30.4. The van der Waals surface area contributed by atoms with Gasteiger partial charge >= 0.3 is 0 Å². The predicted molar refractivity (Wildman–Crippen MR) is 72.7 cm³/mol. The van der Waals surface area contributed by atoms with Crippen molar-refractivity contribution in [1.82, 2.24) is 0 Å². The van der Waals surface area contributed by atoms with Crippen LogP contribution >= 0.6 is 0 Å². The first-order chi connectivity index (χ1) is 8.26. The van der Waals surface area contributed by atoms with E-state index in [9.17, 15) is 0 Å². The summed E-state index contributed by atoms with van der Waals surface area (Å²) >= 11 is 0. The van der Waals surface area contributed by atoms with E-state index in [0.29, 0.717) is 5.92 Å². The van der Waals surface area contributed by atoms with Gasteiger partial charge in [-0.2, -0.15) is 0 Å². The molecule has 17 heavy (non-hydrogen) atoms. The minimum absolute atomic E-state index is 0.235. The minimum atomic E-state index is 0.235. The molecule has 0 nitrogen and oxygen atoms in total. The van der Waals surface area contributed by atoms with Crippen LogP contribution in [0.1, 0.15) is 28.2 Å². The summed E-state index contributed by atoms with van der Waals surface area (Å²) in [6.07, 6.45) is 13.7. The summed E-state index contributed by atoms with van der Waals surface area (Å²) < 4.78 is 0. The summed E-state index contributed by atoms with van der Waals surface area (Å²) in [6.45, 7) is 6.15. The number of rotatable bonds is 1. The Bertz CT molecular complexity index is 640. The highest BCUT2D eigenvalue weighted by molar-refractivity contribution is 5.77. The van der Waals surface area contributed by atoms with Gasteiger partial charge in [-0.1, -0.05) is 55.2 Å². The van der Waals surface area contributed by atoms with Gasteiger partial charge in [0.05, 0.1) is 0 Å². The van der Waals surface area contributed by atoms with Crippen molar-refractivity contribution in [2.24, 2.45) is 5.41 Å².